The van der Waals surface area contributed by atoms with E-state index in [1.54, 1.807) is 13.1 Å². The average Bonchev–Trinajstić information content (AvgIpc) is 2.42. The summed E-state index contributed by atoms with van der Waals surface area (Å²) in [5.74, 6) is 0.673. The molecular weight excluding hydrogens is 374 g/mol. The molecule has 0 aliphatic heterocycles. The Kier molecular flexibility index (Phi) is 4.58. The quantitative estimate of drug-likeness (QED) is 0.776. The first-order valence-corrected chi connectivity index (χ1v) is 7.55. The molecule has 0 fully saturated rings. The molecular formula is C14H13Br2NO2. The molecule has 0 N–H and O–H groups in total. The molecule has 1 heterocycles. The monoisotopic (exact) mass is 385 g/mol. The number of halogens is 2. The highest BCUT2D eigenvalue weighted by molar-refractivity contribution is 9.11. The lowest BCUT2D eigenvalue weighted by molar-refractivity contribution is -0.124. The number of carbonyl (C=O) groups is 1. The number of benzene rings is 1. The minimum Gasteiger partial charge on any atom is -0.479 e. The van der Waals surface area contributed by atoms with Crippen LogP contribution in [0.5, 0.6) is 5.75 Å². The van der Waals surface area contributed by atoms with E-state index in [9.17, 15) is 4.79 Å². The van der Waals surface area contributed by atoms with Crippen molar-refractivity contribution >= 4 is 48.5 Å². The summed E-state index contributed by atoms with van der Waals surface area (Å²) >= 11 is 6.96. The predicted molar refractivity (Wildman–Crippen MR) is 82.5 cm³/mol. The van der Waals surface area contributed by atoms with Crippen molar-refractivity contribution in [1.29, 1.82) is 0 Å². The highest BCUT2D eigenvalue weighted by Crippen LogP contribution is 2.37. The third-order valence-corrected chi connectivity index (χ3v) is 4.09. The molecule has 1 atom stereocenters. The van der Waals surface area contributed by atoms with Gasteiger partial charge in [-0.25, -0.2) is 0 Å². The zero-order valence-electron chi connectivity index (χ0n) is 10.6. The first kappa shape index (κ1) is 14.5. The van der Waals surface area contributed by atoms with Crippen molar-refractivity contribution < 1.29 is 9.53 Å². The number of ether oxygens (including phenoxy) is 1. The standard InChI is InChI=1S/C14H13Br2NO2/c1-3-12(18)8(2)19-14-11(16)7-10(15)9-5-4-6-17-13(9)14/h4-8H,3H2,1-2H3. The van der Waals surface area contributed by atoms with Crippen LogP contribution in [-0.2, 0) is 4.79 Å². The van der Waals surface area contributed by atoms with Gasteiger partial charge in [0.25, 0.3) is 0 Å². The van der Waals surface area contributed by atoms with Crippen LogP contribution >= 0.6 is 31.9 Å². The van der Waals surface area contributed by atoms with Crippen LogP contribution in [0.15, 0.2) is 33.3 Å². The van der Waals surface area contributed by atoms with Gasteiger partial charge < -0.3 is 4.74 Å². The fraction of sp³-hybridized carbons (Fsp3) is 0.286. The average molecular weight is 387 g/mol. The fourth-order valence-electron chi connectivity index (χ4n) is 1.79. The second kappa shape index (κ2) is 6.01. The molecule has 0 bridgehead atoms. The third kappa shape index (κ3) is 2.98. The Morgan fingerprint density at radius 2 is 2.16 bits per heavy atom. The van der Waals surface area contributed by atoms with Gasteiger partial charge in [-0.3, -0.25) is 9.78 Å². The SMILES string of the molecule is CCC(=O)C(C)Oc1c(Br)cc(Br)c2cccnc12. The molecule has 1 unspecified atom stereocenters. The van der Waals surface area contributed by atoms with Crippen LogP contribution in [-0.4, -0.2) is 16.9 Å². The van der Waals surface area contributed by atoms with Crippen LogP contribution in [0, 0.1) is 0 Å². The lowest BCUT2D eigenvalue weighted by atomic mass is 10.2. The molecule has 0 saturated carbocycles. The Morgan fingerprint density at radius 3 is 2.84 bits per heavy atom. The Balaban J connectivity index is 2.51. The van der Waals surface area contributed by atoms with Gasteiger partial charge in [0.15, 0.2) is 17.6 Å². The van der Waals surface area contributed by atoms with Crippen molar-refractivity contribution in [2.24, 2.45) is 0 Å². The lowest BCUT2D eigenvalue weighted by Crippen LogP contribution is -2.23. The summed E-state index contributed by atoms with van der Waals surface area (Å²) in [7, 11) is 0. The Labute approximate surface area is 128 Å². The number of hydrogen-bond acceptors (Lipinski definition) is 3. The molecule has 1 aromatic carbocycles. The van der Waals surface area contributed by atoms with Crippen LogP contribution in [0.2, 0.25) is 0 Å². The second-order valence-corrected chi connectivity index (χ2v) is 5.86. The lowest BCUT2D eigenvalue weighted by Gasteiger charge is -2.16. The number of hydrogen-bond donors (Lipinski definition) is 0. The van der Waals surface area contributed by atoms with Gasteiger partial charge in [-0.1, -0.05) is 28.9 Å². The van der Waals surface area contributed by atoms with Crippen LogP contribution in [0.3, 0.4) is 0 Å². The smallest absolute Gasteiger partial charge is 0.172 e. The normalized spacial score (nSPS) is 12.4. The van der Waals surface area contributed by atoms with Crippen LogP contribution in [0.25, 0.3) is 10.9 Å². The number of Topliss-reactive ketones (excluding diaryl/α,β-unsaturated/α-hetero) is 1. The zero-order chi connectivity index (χ0) is 14.0. The molecule has 2 aromatic rings. The summed E-state index contributed by atoms with van der Waals surface area (Å²) in [5, 5.41) is 0.955. The van der Waals surface area contributed by atoms with E-state index in [1.807, 2.05) is 25.1 Å². The molecule has 0 aliphatic rings. The summed E-state index contributed by atoms with van der Waals surface area (Å²) in [6.07, 6.45) is 1.69. The van der Waals surface area contributed by atoms with E-state index in [4.69, 9.17) is 4.74 Å². The summed E-state index contributed by atoms with van der Waals surface area (Å²) in [5.41, 5.74) is 0.736. The zero-order valence-corrected chi connectivity index (χ0v) is 13.8. The molecule has 0 spiro atoms. The molecule has 0 saturated heterocycles. The van der Waals surface area contributed by atoms with Gasteiger partial charge in [-0.15, -0.1) is 0 Å². The third-order valence-electron chi connectivity index (χ3n) is 2.85. The second-order valence-electron chi connectivity index (χ2n) is 4.15. The summed E-state index contributed by atoms with van der Waals surface area (Å²) < 4.78 is 7.50. The van der Waals surface area contributed by atoms with E-state index in [2.05, 4.69) is 36.8 Å². The van der Waals surface area contributed by atoms with Crippen LogP contribution in [0.1, 0.15) is 20.3 Å². The molecule has 0 radical (unpaired) electrons. The molecule has 100 valence electrons. The molecule has 2 rings (SSSR count). The van der Waals surface area contributed by atoms with E-state index in [-0.39, 0.29) is 5.78 Å². The Morgan fingerprint density at radius 1 is 1.42 bits per heavy atom. The van der Waals surface area contributed by atoms with E-state index in [0.29, 0.717) is 12.2 Å². The molecule has 19 heavy (non-hydrogen) atoms. The molecule has 0 aliphatic carbocycles. The van der Waals surface area contributed by atoms with Crippen LogP contribution in [0.4, 0.5) is 0 Å². The van der Waals surface area contributed by atoms with Crippen molar-refractivity contribution in [3.05, 3.63) is 33.3 Å². The number of nitrogens with zero attached hydrogens (tertiary/aromatic N) is 1. The minimum atomic E-state index is -0.479. The van der Waals surface area contributed by atoms with Crippen molar-refractivity contribution in [1.82, 2.24) is 4.98 Å². The first-order chi connectivity index (χ1) is 9.04. The van der Waals surface area contributed by atoms with Crippen molar-refractivity contribution in [2.75, 3.05) is 0 Å². The number of rotatable bonds is 4. The molecule has 0 amide bonds. The van der Waals surface area contributed by atoms with Crippen molar-refractivity contribution in [3.8, 4) is 5.75 Å². The van der Waals surface area contributed by atoms with E-state index < -0.39 is 6.10 Å². The fourth-order valence-corrected chi connectivity index (χ4v) is 3.15. The van der Waals surface area contributed by atoms with Crippen LogP contribution < -0.4 is 4.74 Å². The number of ketones is 1. The maximum absolute atomic E-state index is 11.7. The number of carbonyl (C=O) groups excluding carboxylic acids is 1. The van der Waals surface area contributed by atoms with Gasteiger partial charge in [-0.2, -0.15) is 0 Å². The molecule has 3 nitrogen and oxygen atoms in total. The van der Waals surface area contributed by atoms with Gasteiger partial charge in [0.1, 0.15) is 5.52 Å². The molecule has 5 heteroatoms. The van der Waals surface area contributed by atoms with Gasteiger partial charge in [0.2, 0.25) is 0 Å². The number of pyridine rings is 1. The summed E-state index contributed by atoms with van der Waals surface area (Å²) in [6.45, 7) is 3.59. The highest BCUT2D eigenvalue weighted by atomic mass is 79.9. The topological polar surface area (TPSA) is 39.2 Å². The maximum atomic E-state index is 11.7. The van der Waals surface area contributed by atoms with E-state index in [0.717, 1.165) is 19.8 Å². The van der Waals surface area contributed by atoms with Gasteiger partial charge >= 0.3 is 0 Å². The Bertz CT molecular complexity index is 628. The van der Waals surface area contributed by atoms with Crippen molar-refractivity contribution in [2.45, 2.75) is 26.4 Å². The minimum absolute atomic E-state index is 0.0684. The van der Waals surface area contributed by atoms with Gasteiger partial charge in [0, 0.05) is 22.5 Å². The van der Waals surface area contributed by atoms with E-state index in [1.165, 1.54) is 0 Å². The largest absolute Gasteiger partial charge is 0.479 e. The van der Waals surface area contributed by atoms with Gasteiger partial charge in [0.05, 0.1) is 4.47 Å². The highest BCUT2D eigenvalue weighted by Gasteiger charge is 2.18. The predicted octanol–water partition coefficient (Wildman–Crippen LogP) is 4.51. The first-order valence-electron chi connectivity index (χ1n) is 5.96. The number of fused-ring (bicyclic) bond motifs is 1. The Hall–Kier alpha value is -0.940. The van der Waals surface area contributed by atoms with E-state index >= 15 is 0 Å². The number of aromatic nitrogens is 1. The molecule has 1 aromatic heterocycles. The summed E-state index contributed by atoms with van der Waals surface area (Å²) in [4.78, 5) is 16.0. The maximum Gasteiger partial charge on any atom is 0.172 e. The summed E-state index contributed by atoms with van der Waals surface area (Å²) in [6, 6.07) is 5.73. The van der Waals surface area contributed by atoms with Crippen molar-refractivity contribution in [3.63, 3.8) is 0 Å². The van der Waals surface area contributed by atoms with Gasteiger partial charge in [-0.05, 0) is 35.0 Å².